The molecule has 1 aromatic rings. The van der Waals surface area contributed by atoms with Crippen molar-refractivity contribution in [1.82, 2.24) is 4.98 Å². The Morgan fingerprint density at radius 2 is 2.44 bits per heavy atom. The van der Waals surface area contributed by atoms with Crippen LogP contribution in [-0.2, 0) is 0 Å². The summed E-state index contributed by atoms with van der Waals surface area (Å²) >= 11 is 5.50. The highest BCUT2D eigenvalue weighted by atomic mass is 35.5. The molecule has 2 nitrogen and oxygen atoms in total. The molecule has 0 spiro atoms. The van der Waals surface area contributed by atoms with Crippen LogP contribution in [0.5, 0.6) is 5.88 Å². The Kier molecular flexibility index (Phi) is 1.90. The average molecular weight is 143 g/mol. The van der Waals surface area contributed by atoms with E-state index in [9.17, 15) is 0 Å². The molecule has 1 radical (unpaired) electrons. The number of aromatic nitrogens is 1. The van der Waals surface area contributed by atoms with Gasteiger partial charge in [-0.05, 0) is 6.07 Å². The molecule has 0 aliphatic heterocycles. The van der Waals surface area contributed by atoms with Crippen LogP contribution >= 0.6 is 11.6 Å². The molecule has 0 saturated carbocycles. The second kappa shape index (κ2) is 2.69. The molecule has 0 saturated heterocycles. The molecule has 47 valence electrons. The van der Waals surface area contributed by atoms with Crippen molar-refractivity contribution in [2.45, 2.75) is 0 Å². The molecule has 0 fully saturated rings. The fourth-order valence-electron chi connectivity index (χ4n) is 0.441. The maximum Gasteiger partial charge on any atom is 0.213 e. The van der Waals surface area contributed by atoms with Crippen LogP contribution in [0.2, 0.25) is 5.02 Å². The first-order chi connectivity index (χ1) is 4.33. The van der Waals surface area contributed by atoms with E-state index in [0.717, 1.165) is 0 Å². The van der Waals surface area contributed by atoms with Crippen LogP contribution in [0.15, 0.2) is 12.1 Å². The van der Waals surface area contributed by atoms with Crippen molar-refractivity contribution in [2.24, 2.45) is 0 Å². The highest BCUT2D eigenvalue weighted by Gasteiger charge is 1.89. The Morgan fingerprint density at radius 3 is 2.89 bits per heavy atom. The lowest BCUT2D eigenvalue weighted by Crippen LogP contribution is -1.84. The number of hydrogen-bond acceptors (Lipinski definition) is 2. The van der Waals surface area contributed by atoms with Crippen molar-refractivity contribution < 1.29 is 4.74 Å². The van der Waals surface area contributed by atoms with E-state index in [1.807, 2.05) is 0 Å². The molecule has 0 aliphatic carbocycles. The van der Waals surface area contributed by atoms with E-state index < -0.39 is 0 Å². The van der Waals surface area contributed by atoms with E-state index in [0.29, 0.717) is 10.9 Å². The van der Waals surface area contributed by atoms with Crippen molar-refractivity contribution in [2.75, 3.05) is 7.11 Å². The standard InChI is InChI=1S/C6H5ClNO/c1-9-6-3-2-5(7)4-8-6/h2-3H,1H3. The third-order valence-corrected chi connectivity index (χ3v) is 1.06. The third-order valence-electron chi connectivity index (χ3n) is 0.854. The lowest BCUT2D eigenvalue weighted by Gasteiger charge is -1.94. The fraction of sp³-hybridized carbons (Fsp3) is 0.167. The van der Waals surface area contributed by atoms with Gasteiger partial charge in [-0.3, -0.25) is 0 Å². The predicted octanol–water partition coefficient (Wildman–Crippen LogP) is 1.54. The van der Waals surface area contributed by atoms with Gasteiger partial charge in [-0.15, -0.1) is 0 Å². The molecule has 0 aromatic carbocycles. The number of ether oxygens (including phenoxy) is 1. The van der Waals surface area contributed by atoms with E-state index in [1.165, 1.54) is 0 Å². The SMILES string of the molecule is COc1ccc(Cl)[c]n1. The molecular weight excluding hydrogens is 138 g/mol. The van der Waals surface area contributed by atoms with Gasteiger partial charge in [0.1, 0.15) is 6.20 Å². The molecule has 0 aliphatic rings. The predicted molar refractivity (Wildman–Crippen MR) is 34.6 cm³/mol. The average Bonchev–Trinajstić information content (AvgIpc) is 1.90. The molecular formula is C6H5ClNO. The van der Waals surface area contributed by atoms with Gasteiger partial charge in [0.15, 0.2) is 0 Å². The number of hydrogen-bond donors (Lipinski definition) is 0. The van der Waals surface area contributed by atoms with Crippen molar-refractivity contribution in [3.8, 4) is 5.88 Å². The van der Waals surface area contributed by atoms with Gasteiger partial charge in [-0.2, -0.15) is 0 Å². The molecule has 3 heteroatoms. The Balaban J connectivity index is 2.88. The first-order valence-electron chi connectivity index (χ1n) is 2.41. The zero-order chi connectivity index (χ0) is 6.69. The summed E-state index contributed by atoms with van der Waals surface area (Å²) in [4.78, 5) is 3.72. The second-order valence-electron chi connectivity index (χ2n) is 1.45. The quantitative estimate of drug-likeness (QED) is 0.594. The zero-order valence-corrected chi connectivity index (χ0v) is 5.64. The topological polar surface area (TPSA) is 22.1 Å². The van der Waals surface area contributed by atoms with Gasteiger partial charge >= 0.3 is 0 Å². The summed E-state index contributed by atoms with van der Waals surface area (Å²) in [6, 6.07) is 3.35. The minimum Gasteiger partial charge on any atom is -0.481 e. The van der Waals surface area contributed by atoms with Crippen LogP contribution in [-0.4, -0.2) is 12.1 Å². The summed E-state index contributed by atoms with van der Waals surface area (Å²) < 4.78 is 4.77. The van der Waals surface area contributed by atoms with Gasteiger partial charge in [0, 0.05) is 6.07 Å². The molecule has 1 rings (SSSR count). The van der Waals surface area contributed by atoms with Gasteiger partial charge in [-0.25, -0.2) is 4.98 Å². The number of methoxy groups -OCH3 is 1. The van der Waals surface area contributed by atoms with Gasteiger partial charge in [0.25, 0.3) is 0 Å². The fourth-order valence-corrected chi connectivity index (χ4v) is 0.546. The van der Waals surface area contributed by atoms with Crippen molar-refractivity contribution in [1.29, 1.82) is 0 Å². The maximum absolute atomic E-state index is 5.50. The number of rotatable bonds is 1. The number of nitrogens with zero attached hydrogens (tertiary/aromatic N) is 1. The molecule has 1 aromatic heterocycles. The lowest BCUT2D eigenvalue weighted by molar-refractivity contribution is 0.397. The molecule has 0 unspecified atom stereocenters. The zero-order valence-electron chi connectivity index (χ0n) is 4.89. The Hall–Kier alpha value is -0.760. The first kappa shape index (κ1) is 6.36. The summed E-state index contributed by atoms with van der Waals surface area (Å²) in [7, 11) is 1.55. The maximum atomic E-state index is 5.50. The van der Waals surface area contributed by atoms with E-state index in [-0.39, 0.29) is 0 Å². The molecule has 0 amide bonds. The van der Waals surface area contributed by atoms with E-state index in [1.54, 1.807) is 19.2 Å². The van der Waals surface area contributed by atoms with Crippen LogP contribution in [0.3, 0.4) is 0 Å². The van der Waals surface area contributed by atoms with Crippen LogP contribution in [0.25, 0.3) is 0 Å². The second-order valence-corrected chi connectivity index (χ2v) is 1.85. The van der Waals surface area contributed by atoms with Crippen molar-refractivity contribution >= 4 is 11.6 Å². The highest BCUT2D eigenvalue weighted by Crippen LogP contribution is 2.09. The summed E-state index contributed by atoms with van der Waals surface area (Å²) in [6.45, 7) is 0. The van der Waals surface area contributed by atoms with Gasteiger partial charge < -0.3 is 4.74 Å². The molecule has 0 atom stereocenters. The summed E-state index contributed by atoms with van der Waals surface area (Å²) in [5, 5.41) is 0.496. The van der Waals surface area contributed by atoms with E-state index in [4.69, 9.17) is 16.3 Å². The number of halogens is 1. The monoisotopic (exact) mass is 142 g/mol. The summed E-state index contributed by atoms with van der Waals surface area (Å²) in [5.74, 6) is 0.527. The van der Waals surface area contributed by atoms with Gasteiger partial charge in [0.05, 0.1) is 12.1 Å². The number of pyridine rings is 1. The van der Waals surface area contributed by atoms with E-state index in [2.05, 4.69) is 11.2 Å². The Morgan fingerprint density at radius 1 is 1.67 bits per heavy atom. The van der Waals surface area contributed by atoms with Crippen LogP contribution in [0.1, 0.15) is 0 Å². The van der Waals surface area contributed by atoms with Gasteiger partial charge in [0.2, 0.25) is 5.88 Å². The molecule has 1 heterocycles. The molecule has 9 heavy (non-hydrogen) atoms. The lowest BCUT2D eigenvalue weighted by atomic mass is 10.5. The van der Waals surface area contributed by atoms with Crippen LogP contribution < -0.4 is 4.74 Å². The minimum atomic E-state index is 0.496. The molecule has 0 N–H and O–H groups in total. The summed E-state index contributed by atoms with van der Waals surface area (Å²) in [6.07, 6.45) is 2.54. The normalized spacial score (nSPS) is 9.11. The van der Waals surface area contributed by atoms with Crippen molar-refractivity contribution in [3.05, 3.63) is 23.4 Å². The smallest absolute Gasteiger partial charge is 0.213 e. The summed E-state index contributed by atoms with van der Waals surface area (Å²) in [5.41, 5.74) is 0. The van der Waals surface area contributed by atoms with Crippen LogP contribution in [0.4, 0.5) is 0 Å². The van der Waals surface area contributed by atoms with Crippen LogP contribution in [0, 0.1) is 6.20 Å². The highest BCUT2D eigenvalue weighted by molar-refractivity contribution is 6.30. The molecule has 0 bridgehead atoms. The van der Waals surface area contributed by atoms with E-state index >= 15 is 0 Å². The minimum absolute atomic E-state index is 0.496. The van der Waals surface area contributed by atoms with Crippen molar-refractivity contribution in [3.63, 3.8) is 0 Å². The first-order valence-corrected chi connectivity index (χ1v) is 2.79. The van der Waals surface area contributed by atoms with Gasteiger partial charge in [-0.1, -0.05) is 11.6 Å². The third kappa shape index (κ3) is 1.57. The largest absolute Gasteiger partial charge is 0.481 e. The Labute approximate surface area is 58.4 Å². The Bertz CT molecular complexity index is 185.